The molecule has 1 aromatic carbocycles. The predicted octanol–water partition coefficient (Wildman–Crippen LogP) is 2.02. The fourth-order valence-electron chi connectivity index (χ4n) is 3.01. The first-order chi connectivity index (χ1) is 9.58. The molecular weight excluding hydrogens is 262 g/mol. The van der Waals surface area contributed by atoms with Crippen molar-refractivity contribution >= 4 is 5.91 Å². The van der Waals surface area contributed by atoms with Crippen LogP contribution in [-0.2, 0) is 4.79 Å². The van der Waals surface area contributed by atoms with Crippen LogP contribution < -0.4 is 5.73 Å². The minimum absolute atomic E-state index is 0.0181. The van der Waals surface area contributed by atoms with E-state index in [1.807, 2.05) is 0 Å². The van der Waals surface area contributed by atoms with Crippen LogP contribution in [0.1, 0.15) is 30.7 Å². The highest BCUT2D eigenvalue weighted by Gasteiger charge is 2.48. The molecule has 2 atom stereocenters. The number of hydrogen-bond donors (Lipinski definition) is 1. The van der Waals surface area contributed by atoms with Crippen molar-refractivity contribution in [1.82, 2.24) is 4.90 Å². The van der Waals surface area contributed by atoms with E-state index in [0.29, 0.717) is 19.5 Å². The van der Waals surface area contributed by atoms with E-state index in [1.54, 1.807) is 4.90 Å². The molecule has 0 spiro atoms. The normalized spacial score (nSPS) is 26.6. The maximum Gasteiger partial charge on any atom is 0.226 e. The number of halogens is 2. The number of carbonyl (C=O) groups is 1. The lowest BCUT2D eigenvalue weighted by Crippen LogP contribution is -2.43. The van der Waals surface area contributed by atoms with Crippen LogP contribution in [0, 0.1) is 17.6 Å². The van der Waals surface area contributed by atoms with E-state index in [2.05, 4.69) is 0 Å². The first-order valence-electron chi connectivity index (χ1n) is 7.06. The Morgan fingerprint density at radius 2 is 1.80 bits per heavy atom. The van der Waals surface area contributed by atoms with Crippen molar-refractivity contribution in [3.05, 3.63) is 35.4 Å². The summed E-state index contributed by atoms with van der Waals surface area (Å²) >= 11 is 0. The first kappa shape index (κ1) is 13.5. The highest BCUT2D eigenvalue weighted by molar-refractivity contribution is 5.83. The van der Waals surface area contributed by atoms with Gasteiger partial charge in [-0.15, -0.1) is 0 Å². The standard InChI is InChI=1S/C15H18F2N2O/c16-12-2-1-3-13(17)14(12)10-8-11(10)15(20)19-6-4-9(18)5-7-19/h1-3,9-11H,4-8,18H2. The van der Waals surface area contributed by atoms with Crippen molar-refractivity contribution < 1.29 is 13.6 Å². The number of nitrogens with zero attached hydrogens (tertiary/aromatic N) is 1. The number of nitrogens with two attached hydrogens (primary N) is 1. The van der Waals surface area contributed by atoms with Crippen LogP contribution in [0.3, 0.4) is 0 Å². The predicted molar refractivity (Wildman–Crippen MR) is 71.0 cm³/mol. The fraction of sp³-hybridized carbons (Fsp3) is 0.533. The number of carbonyl (C=O) groups excluding carboxylic acids is 1. The van der Waals surface area contributed by atoms with Gasteiger partial charge in [0.15, 0.2) is 0 Å². The molecule has 1 amide bonds. The first-order valence-corrected chi connectivity index (χ1v) is 7.06. The summed E-state index contributed by atoms with van der Waals surface area (Å²) in [6, 6.07) is 4.01. The van der Waals surface area contributed by atoms with Crippen molar-refractivity contribution in [2.45, 2.75) is 31.2 Å². The summed E-state index contributed by atoms with van der Waals surface area (Å²) in [6.07, 6.45) is 2.15. The third-order valence-electron chi connectivity index (χ3n) is 4.33. The van der Waals surface area contributed by atoms with Crippen LogP contribution in [-0.4, -0.2) is 29.9 Å². The van der Waals surface area contributed by atoms with Gasteiger partial charge in [-0.05, 0) is 31.4 Å². The number of rotatable bonds is 2. The van der Waals surface area contributed by atoms with Crippen molar-refractivity contribution in [3.63, 3.8) is 0 Å². The van der Waals surface area contributed by atoms with Crippen LogP contribution >= 0.6 is 0 Å². The van der Waals surface area contributed by atoms with E-state index in [9.17, 15) is 13.6 Å². The van der Waals surface area contributed by atoms with Gasteiger partial charge in [0.2, 0.25) is 5.91 Å². The molecule has 1 aliphatic carbocycles. The second-order valence-electron chi connectivity index (χ2n) is 5.75. The van der Waals surface area contributed by atoms with Crippen LogP contribution in [0.25, 0.3) is 0 Å². The van der Waals surface area contributed by atoms with Crippen LogP contribution in [0.5, 0.6) is 0 Å². The SMILES string of the molecule is NC1CCN(C(=O)C2CC2c2c(F)cccc2F)CC1. The zero-order chi connectivity index (χ0) is 14.3. The minimum atomic E-state index is -0.550. The lowest BCUT2D eigenvalue weighted by molar-refractivity contribution is -0.133. The lowest BCUT2D eigenvalue weighted by Gasteiger charge is -2.30. The van der Waals surface area contributed by atoms with Crippen LogP contribution in [0.2, 0.25) is 0 Å². The van der Waals surface area contributed by atoms with Gasteiger partial charge in [0.05, 0.1) is 0 Å². The number of hydrogen-bond acceptors (Lipinski definition) is 2. The van der Waals surface area contributed by atoms with Crippen LogP contribution in [0.4, 0.5) is 8.78 Å². The summed E-state index contributed by atoms with van der Waals surface area (Å²) in [5, 5.41) is 0. The Morgan fingerprint density at radius 1 is 1.20 bits per heavy atom. The van der Waals surface area contributed by atoms with E-state index < -0.39 is 11.6 Å². The molecule has 0 aromatic heterocycles. The summed E-state index contributed by atoms with van der Waals surface area (Å²) in [7, 11) is 0. The number of amides is 1. The van der Waals surface area contributed by atoms with Crippen molar-refractivity contribution in [3.8, 4) is 0 Å². The smallest absolute Gasteiger partial charge is 0.226 e. The summed E-state index contributed by atoms with van der Waals surface area (Å²) in [4.78, 5) is 14.1. The zero-order valence-electron chi connectivity index (χ0n) is 11.2. The fourth-order valence-corrected chi connectivity index (χ4v) is 3.01. The molecular formula is C15H18F2N2O. The Kier molecular flexibility index (Phi) is 3.46. The van der Waals surface area contributed by atoms with E-state index in [0.717, 1.165) is 12.8 Å². The average molecular weight is 280 g/mol. The molecule has 3 nitrogen and oxygen atoms in total. The molecule has 2 fully saturated rings. The number of benzene rings is 1. The second kappa shape index (κ2) is 5.13. The molecule has 1 saturated carbocycles. The van der Waals surface area contributed by atoms with Crippen LogP contribution in [0.15, 0.2) is 18.2 Å². The quantitative estimate of drug-likeness (QED) is 0.901. The monoisotopic (exact) mass is 280 g/mol. The molecule has 20 heavy (non-hydrogen) atoms. The van der Waals surface area contributed by atoms with Crippen molar-refractivity contribution in [1.29, 1.82) is 0 Å². The van der Waals surface area contributed by atoms with Gasteiger partial charge in [0.25, 0.3) is 0 Å². The maximum absolute atomic E-state index is 13.7. The average Bonchev–Trinajstić information content (AvgIpc) is 3.19. The molecule has 2 N–H and O–H groups in total. The highest BCUT2D eigenvalue weighted by atomic mass is 19.1. The Morgan fingerprint density at radius 3 is 2.40 bits per heavy atom. The van der Waals surface area contributed by atoms with E-state index >= 15 is 0 Å². The molecule has 3 rings (SSSR count). The number of piperidine rings is 1. The molecule has 108 valence electrons. The van der Waals surface area contributed by atoms with Gasteiger partial charge in [0.1, 0.15) is 11.6 Å². The van der Waals surface area contributed by atoms with Crippen molar-refractivity contribution in [2.24, 2.45) is 11.7 Å². The molecule has 1 saturated heterocycles. The minimum Gasteiger partial charge on any atom is -0.342 e. The van der Waals surface area contributed by atoms with Gasteiger partial charge in [-0.2, -0.15) is 0 Å². The molecule has 2 unspecified atom stereocenters. The third-order valence-corrected chi connectivity index (χ3v) is 4.33. The molecule has 2 aliphatic rings. The van der Waals surface area contributed by atoms with E-state index in [-0.39, 0.29) is 29.3 Å². The van der Waals surface area contributed by atoms with Crippen molar-refractivity contribution in [2.75, 3.05) is 13.1 Å². The Balaban J connectivity index is 1.68. The zero-order valence-corrected chi connectivity index (χ0v) is 11.2. The molecule has 0 radical (unpaired) electrons. The summed E-state index contributed by atoms with van der Waals surface area (Å²) in [5.41, 5.74) is 5.88. The van der Waals surface area contributed by atoms with E-state index in [1.165, 1.54) is 18.2 Å². The Labute approximate surface area is 116 Å². The van der Waals surface area contributed by atoms with E-state index in [4.69, 9.17) is 5.73 Å². The van der Waals surface area contributed by atoms with Gasteiger partial charge in [-0.25, -0.2) is 8.78 Å². The summed E-state index contributed by atoms with van der Waals surface area (Å²) in [6.45, 7) is 1.31. The van der Waals surface area contributed by atoms with Gasteiger partial charge >= 0.3 is 0 Å². The molecule has 1 aromatic rings. The highest BCUT2D eigenvalue weighted by Crippen LogP contribution is 2.50. The van der Waals surface area contributed by atoms with Gasteiger partial charge in [0, 0.05) is 36.5 Å². The largest absolute Gasteiger partial charge is 0.342 e. The Hall–Kier alpha value is -1.49. The Bertz CT molecular complexity index is 506. The molecule has 5 heteroatoms. The molecule has 1 aliphatic heterocycles. The maximum atomic E-state index is 13.7. The summed E-state index contributed by atoms with van der Waals surface area (Å²) < 4.78 is 27.4. The van der Waals surface area contributed by atoms with Gasteiger partial charge in [-0.1, -0.05) is 6.07 Å². The molecule has 0 bridgehead atoms. The molecule has 1 heterocycles. The lowest BCUT2D eigenvalue weighted by atomic mass is 10.0. The van der Waals surface area contributed by atoms with Gasteiger partial charge in [-0.3, -0.25) is 4.79 Å². The third kappa shape index (κ3) is 2.42. The second-order valence-corrected chi connectivity index (χ2v) is 5.75. The van der Waals surface area contributed by atoms with Gasteiger partial charge < -0.3 is 10.6 Å². The number of likely N-dealkylation sites (tertiary alicyclic amines) is 1. The summed E-state index contributed by atoms with van der Waals surface area (Å²) in [5.74, 6) is -1.66. The topological polar surface area (TPSA) is 46.3 Å².